The van der Waals surface area contributed by atoms with Gasteiger partial charge in [0.15, 0.2) is 0 Å². The van der Waals surface area contributed by atoms with Gasteiger partial charge in [0.25, 0.3) is 0 Å². The molecule has 0 saturated heterocycles. The Morgan fingerprint density at radius 1 is 0.163 bits per heavy atom. The van der Waals surface area contributed by atoms with E-state index in [0.717, 1.165) is 155 Å². The predicted octanol–water partition coefficient (Wildman–Crippen LogP) is 27.0. The molecule has 0 saturated carbocycles. The van der Waals surface area contributed by atoms with Crippen LogP contribution in [0, 0.1) is 0 Å². The fourth-order valence-electron chi connectivity index (χ4n) is 15.1. The van der Waals surface area contributed by atoms with Crippen molar-refractivity contribution >= 4 is 121 Å². The summed E-state index contributed by atoms with van der Waals surface area (Å²) in [5, 5.41) is 13.5. The highest BCUT2D eigenvalue weighted by atomic mass is 16.3. The minimum Gasteiger partial charge on any atom is -0.455 e. The summed E-state index contributed by atoms with van der Waals surface area (Å²) in [5.74, 6) is 0. The molecule has 2 aromatic heterocycles. The van der Waals surface area contributed by atoms with Gasteiger partial charge in [-0.3, -0.25) is 0 Å². The Hall–Kier alpha value is -13.0. The molecular formula is C94H60N2O2. The second-order valence-electron chi connectivity index (χ2n) is 25.4. The van der Waals surface area contributed by atoms with E-state index in [-0.39, 0.29) is 0 Å². The zero-order valence-corrected chi connectivity index (χ0v) is 53.4. The van der Waals surface area contributed by atoms with E-state index in [9.17, 15) is 0 Å². The summed E-state index contributed by atoms with van der Waals surface area (Å²) in [6.07, 6.45) is 0. The SMILES string of the molecule is c1ccc(-c2cccc(-c3ccc(N(c4ccccc4-c4cccc5c4oc4c6cc(-c7cccc(-c8ccc(N(c9ccccc9-c9cccc%10c9oc9c%11ccccc%11ccc%109)c9cccc%10ccccc9%10)cc8)c7)ccc6ccc54)c4cccc5ccccc45)cc3)c2)cc1. The lowest BCUT2D eigenvalue weighted by atomic mass is 9.95. The summed E-state index contributed by atoms with van der Waals surface area (Å²) in [4.78, 5) is 4.83. The Morgan fingerprint density at radius 2 is 0.469 bits per heavy atom. The van der Waals surface area contributed by atoms with Gasteiger partial charge in [0, 0.05) is 76.7 Å². The lowest BCUT2D eigenvalue weighted by Crippen LogP contribution is -2.11. The molecule has 0 fully saturated rings. The first kappa shape index (κ1) is 56.5. The van der Waals surface area contributed by atoms with Crippen LogP contribution >= 0.6 is 0 Å². The maximum absolute atomic E-state index is 7.33. The molecule has 0 atom stereocenters. The first-order valence-corrected chi connectivity index (χ1v) is 33.5. The first-order chi connectivity index (χ1) is 48.6. The summed E-state index contributed by atoms with van der Waals surface area (Å²) < 4.78 is 14.3. The third-order valence-corrected chi connectivity index (χ3v) is 19.8. The zero-order chi connectivity index (χ0) is 64.6. The Bertz CT molecular complexity index is 6310. The van der Waals surface area contributed by atoms with Crippen molar-refractivity contribution in [1.29, 1.82) is 0 Å². The molecule has 0 aliphatic rings. The van der Waals surface area contributed by atoms with Crippen LogP contribution in [0.15, 0.2) is 373 Å². The Balaban J connectivity index is 0.682. The second-order valence-corrected chi connectivity index (χ2v) is 25.4. The molecule has 0 N–H and O–H groups in total. The number of anilines is 6. The molecule has 0 unspecified atom stereocenters. The van der Waals surface area contributed by atoms with Crippen molar-refractivity contribution in [3.8, 4) is 66.8 Å². The smallest absolute Gasteiger partial charge is 0.143 e. The molecule has 0 amide bonds. The van der Waals surface area contributed by atoms with Gasteiger partial charge in [-0.2, -0.15) is 0 Å². The van der Waals surface area contributed by atoms with Crippen molar-refractivity contribution in [2.75, 3.05) is 9.80 Å². The van der Waals surface area contributed by atoms with E-state index in [0.29, 0.717) is 0 Å². The topological polar surface area (TPSA) is 32.8 Å². The van der Waals surface area contributed by atoms with Crippen molar-refractivity contribution in [3.05, 3.63) is 364 Å². The number of para-hydroxylation sites is 4. The molecule has 19 aromatic rings. The largest absolute Gasteiger partial charge is 0.455 e. The summed E-state index contributed by atoms with van der Waals surface area (Å²) >= 11 is 0. The van der Waals surface area contributed by atoms with Crippen LogP contribution in [0.1, 0.15) is 0 Å². The van der Waals surface area contributed by atoms with Crippen LogP contribution < -0.4 is 9.80 Å². The third-order valence-electron chi connectivity index (χ3n) is 19.8. The van der Waals surface area contributed by atoms with Crippen molar-refractivity contribution in [2.24, 2.45) is 0 Å². The summed E-state index contributed by atoms with van der Waals surface area (Å²) in [6, 6.07) is 132. The Kier molecular flexibility index (Phi) is 13.5. The minimum atomic E-state index is 0.852. The number of rotatable bonds is 12. The van der Waals surface area contributed by atoms with Crippen molar-refractivity contribution in [1.82, 2.24) is 0 Å². The van der Waals surface area contributed by atoms with Gasteiger partial charge in [-0.1, -0.05) is 285 Å². The lowest BCUT2D eigenvalue weighted by molar-refractivity contribution is 0.673. The van der Waals surface area contributed by atoms with E-state index in [2.05, 4.69) is 374 Å². The molecule has 98 heavy (non-hydrogen) atoms. The standard InChI is InChI=1S/C94H60N2O2/c1-2-20-61(21-3-1)68-27-14-28-69(58-68)62-46-52-73(53-47-62)96(88-43-17-26-65-23-5-8-32-76(65)88)90-41-13-11-35-79(90)81-37-19-39-83-85-57-51-67-44-45-72(60-86(67)94(85)98-93(81)83)71-30-15-29-70(59-71)63-48-54-74(55-49-63)95(87-42-16-25-64-22-4-7-31-75(64)87)89-40-12-10-34-78(89)80-36-18-38-82-84-56-50-66-24-6-9-33-77(66)91(84)97-92(80)82/h1-60H. The fourth-order valence-corrected chi connectivity index (χ4v) is 15.1. The summed E-state index contributed by atoms with van der Waals surface area (Å²) in [5.41, 5.74) is 23.3. The number of hydrogen-bond donors (Lipinski definition) is 0. The normalized spacial score (nSPS) is 11.7. The quantitative estimate of drug-likeness (QED) is 0.122. The summed E-state index contributed by atoms with van der Waals surface area (Å²) in [7, 11) is 0. The van der Waals surface area contributed by atoms with Crippen LogP contribution in [0.5, 0.6) is 0 Å². The van der Waals surface area contributed by atoms with Crippen LogP contribution in [0.4, 0.5) is 34.1 Å². The molecule has 2 heterocycles. The minimum absolute atomic E-state index is 0.852. The molecule has 19 rings (SSSR count). The second kappa shape index (κ2) is 23.5. The van der Waals surface area contributed by atoms with Gasteiger partial charge < -0.3 is 18.6 Å². The number of hydrogen-bond acceptors (Lipinski definition) is 4. The van der Waals surface area contributed by atoms with Crippen LogP contribution in [-0.2, 0) is 0 Å². The van der Waals surface area contributed by atoms with E-state index in [1.807, 2.05) is 0 Å². The molecule has 0 aliphatic carbocycles. The molecule has 458 valence electrons. The lowest BCUT2D eigenvalue weighted by Gasteiger charge is -2.29. The average Bonchev–Trinajstić information content (AvgIpc) is 1.44. The maximum atomic E-state index is 7.33. The van der Waals surface area contributed by atoms with E-state index >= 15 is 0 Å². The maximum Gasteiger partial charge on any atom is 0.143 e. The van der Waals surface area contributed by atoms with Gasteiger partial charge >= 0.3 is 0 Å². The van der Waals surface area contributed by atoms with Crippen LogP contribution in [0.3, 0.4) is 0 Å². The van der Waals surface area contributed by atoms with E-state index in [1.54, 1.807) is 0 Å². The third kappa shape index (κ3) is 9.60. The van der Waals surface area contributed by atoms with Gasteiger partial charge in [0.1, 0.15) is 22.3 Å². The highest BCUT2D eigenvalue weighted by molar-refractivity contribution is 6.20. The van der Waals surface area contributed by atoms with Gasteiger partial charge in [-0.15, -0.1) is 0 Å². The number of benzene rings is 17. The number of furan rings is 2. The number of nitrogens with zero attached hydrogens (tertiary/aromatic N) is 2. The van der Waals surface area contributed by atoms with Gasteiger partial charge in [0.05, 0.1) is 22.7 Å². The van der Waals surface area contributed by atoms with Crippen LogP contribution in [-0.4, -0.2) is 0 Å². The molecule has 0 radical (unpaired) electrons. The van der Waals surface area contributed by atoms with Gasteiger partial charge in [-0.05, 0) is 145 Å². The van der Waals surface area contributed by atoms with Crippen molar-refractivity contribution in [3.63, 3.8) is 0 Å². The van der Waals surface area contributed by atoms with Crippen LogP contribution in [0.25, 0.3) is 154 Å². The summed E-state index contributed by atoms with van der Waals surface area (Å²) in [6.45, 7) is 0. The number of fused-ring (bicyclic) bond motifs is 12. The van der Waals surface area contributed by atoms with Crippen molar-refractivity contribution < 1.29 is 8.83 Å². The Labute approximate surface area is 567 Å². The molecule has 4 heteroatoms. The first-order valence-electron chi connectivity index (χ1n) is 33.5. The molecule has 0 aliphatic heterocycles. The predicted molar refractivity (Wildman–Crippen MR) is 413 cm³/mol. The molecular weight excluding hydrogens is 1190 g/mol. The average molecular weight is 1250 g/mol. The molecule has 17 aromatic carbocycles. The Morgan fingerprint density at radius 3 is 0.990 bits per heavy atom. The molecule has 0 bridgehead atoms. The van der Waals surface area contributed by atoms with Gasteiger partial charge in [-0.25, -0.2) is 0 Å². The highest BCUT2D eigenvalue weighted by Gasteiger charge is 2.25. The van der Waals surface area contributed by atoms with Crippen molar-refractivity contribution in [2.45, 2.75) is 0 Å². The van der Waals surface area contributed by atoms with E-state index in [4.69, 9.17) is 8.83 Å². The van der Waals surface area contributed by atoms with Gasteiger partial charge in [0.2, 0.25) is 0 Å². The zero-order valence-electron chi connectivity index (χ0n) is 53.4. The molecule has 0 spiro atoms. The van der Waals surface area contributed by atoms with Crippen LogP contribution in [0.2, 0.25) is 0 Å². The fraction of sp³-hybridized carbons (Fsp3) is 0. The molecule has 4 nitrogen and oxygen atoms in total. The monoisotopic (exact) mass is 1250 g/mol. The van der Waals surface area contributed by atoms with E-state index in [1.165, 1.54) is 32.8 Å². The highest BCUT2D eigenvalue weighted by Crippen LogP contribution is 2.50. The van der Waals surface area contributed by atoms with E-state index < -0.39 is 0 Å².